The van der Waals surface area contributed by atoms with Gasteiger partial charge in [0.25, 0.3) is 0 Å². The average molecular weight is 1140 g/mol. The van der Waals surface area contributed by atoms with E-state index in [1.807, 2.05) is 0 Å². The summed E-state index contributed by atoms with van der Waals surface area (Å²) in [7, 11) is 0. The fraction of sp³-hybridized carbons (Fsp3) is 0.519. The highest BCUT2D eigenvalue weighted by molar-refractivity contribution is 5.71. The molecule has 0 bridgehead atoms. The van der Waals surface area contributed by atoms with Crippen molar-refractivity contribution in [2.24, 2.45) is 0 Å². The van der Waals surface area contributed by atoms with Crippen LogP contribution in [0.4, 0.5) is 0 Å². The molecule has 0 saturated carbocycles. The summed E-state index contributed by atoms with van der Waals surface area (Å²) in [5.74, 6) is -1.03. The first-order chi connectivity index (χ1) is 41.0. The molecule has 1 atom stereocenters. The van der Waals surface area contributed by atoms with Gasteiger partial charge >= 0.3 is 17.9 Å². The molecule has 0 aromatic heterocycles. The van der Waals surface area contributed by atoms with Gasteiger partial charge in [0.2, 0.25) is 0 Å². The molecule has 0 aromatic rings. The van der Waals surface area contributed by atoms with Gasteiger partial charge < -0.3 is 14.2 Å². The van der Waals surface area contributed by atoms with Gasteiger partial charge in [-0.15, -0.1) is 0 Å². The lowest BCUT2D eigenvalue weighted by Crippen LogP contribution is -2.30. The van der Waals surface area contributed by atoms with Crippen LogP contribution in [-0.4, -0.2) is 37.2 Å². The van der Waals surface area contributed by atoms with Crippen LogP contribution in [0.15, 0.2) is 207 Å². The number of carbonyl (C=O) groups excluding carboxylic acids is 3. The van der Waals surface area contributed by atoms with Crippen molar-refractivity contribution in [1.82, 2.24) is 0 Å². The zero-order valence-corrected chi connectivity index (χ0v) is 52.6. The van der Waals surface area contributed by atoms with Crippen LogP contribution in [0.3, 0.4) is 0 Å². The third-order valence-corrected chi connectivity index (χ3v) is 12.7. The summed E-state index contributed by atoms with van der Waals surface area (Å²) in [6, 6.07) is 0. The molecule has 0 aliphatic rings. The highest BCUT2D eigenvalue weighted by Gasteiger charge is 2.19. The molecule has 0 heterocycles. The van der Waals surface area contributed by atoms with Gasteiger partial charge in [0.05, 0.1) is 0 Å². The molecule has 0 radical (unpaired) electrons. The number of hydrogen-bond donors (Lipinski definition) is 0. The van der Waals surface area contributed by atoms with Crippen molar-refractivity contribution >= 4 is 17.9 Å². The molecule has 0 spiro atoms. The van der Waals surface area contributed by atoms with E-state index in [9.17, 15) is 14.4 Å². The van der Waals surface area contributed by atoms with Gasteiger partial charge in [-0.1, -0.05) is 259 Å². The van der Waals surface area contributed by atoms with E-state index in [1.54, 1.807) is 0 Å². The minimum Gasteiger partial charge on any atom is -0.462 e. The maximum Gasteiger partial charge on any atom is 0.306 e. The standard InChI is InChI=1S/C77H116O6/c1-4-7-10-13-16-19-22-25-27-29-31-32-33-34-35-36-37-38-39-40-41-42-43-44-46-47-49-52-55-58-61-64-67-70-76(79)82-73-74(72-81-75(78)69-66-63-60-57-54-51-24-21-18-15-12-9-6-3)83-77(80)71-68-65-62-59-56-53-50-48-45-30-28-26-23-20-17-14-11-8-5-2/h7-8,10-12,15-17,19-21,24-28,31-32,34-35,37-38,40-41,43-45,47-49,53,55-56,58,74H,4-6,9,13-14,18,22-23,29-30,33,36,39,42,46,50-52,54,57,59-73H2,1-3H3/b10-7-,11-8-,15-12-,19-16-,20-17-,24-21-,27-25-,28-26-,32-31-,35-34-,38-37-,41-40-,44-43-,48-45-,49-47-,56-53-,58-55-. The molecule has 0 aliphatic heterocycles. The van der Waals surface area contributed by atoms with Gasteiger partial charge in [-0.05, 0) is 167 Å². The topological polar surface area (TPSA) is 78.9 Å². The Labute approximate surface area is 509 Å². The molecule has 0 fully saturated rings. The highest BCUT2D eigenvalue weighted by atomic mass is 16.6. The van der Waals surface area contributed by atoms with Gasteiger partial charge in [0.1, 0.15) is 13.2 Å². The van der Waals surface area contributed by atoms with Gasteiger partial charge in [-0.25, -0.2) is 0 Å². The molecule has 1 unspecified atom stereocenters. The molecular formula is C77H116O6. The lowest BCUT2D eigenvalue weighted by atomic mass is 10.1. The SMILES string of the molecule is CC/C=C\C/C=C\C/C=C\C/C=C\C/C=C\C/C=C\C/C=C\C/C=C\C/C=C\C/C=C\CCCCC(=O)OCC(COC(=O)CCCCCCC/C=C\C/C=C\CCC)OC(=O)CCCCC/C=C\C/C=C\C/C=C\C/C=C\C/C=C\CC. The molecule has 0 N–H and O–H groups in total. The maximum atomic E-state index is 12.9. The third-order valence-electron chi connectivity index (χ3n) is 12.7. The molecule has 6 nitrogen and oxygen atoms in total. The van der Waals surface area contributed by atoms with Crippen molar-refractivity contribution in [2.45, 2.75) is 245 Å². The number of ether oxygens (including phenoxy) is 3. The monoisotopic (exact) mass is 1140 g/mol. The Hall–Kier alpha value is -6.01. The third kappa shape index (κ3) is 66.7. The van der Waals surface area contributed by atoms with E-state index in [2.05, 4.69) is 227 Å². The first kappa shape index (κ1) is 77.0. The van der Waals surface area contributed by atoms with E-state index in [1.165, 1.54) is 6.42 Å². The lowest BCUT2D eigenvalue weighted by molar-refractivity contribution is -0.167. The summed E-state index contributed by atoms with van der Waals surface area (Å²) in [5, 5.41) is 0. The molecule has 0 aliphatic carbocycles. The van der Waals surface area contributed by atoms with Crippen molar-refractivity contribution in [3.8, 4) is 0 Å². The summed E-state index contributed by atoms with van der Waals surface area (Å²) in [6.07, 6.45) is 106. The lowest BCUT2D eigenvalue weighted by Gasteiger charge is -2.18. The van der Waals surface area contributed by atoms with Crippen LogP contribution >= 0.6 is 0 Å². The van der Waals surface area contributed by atoms with Gasteiger partial charge in [0, 0.05) is 19.3 Å². The van der Waals surface area contributed by atoms with Crippen molar-refractivity contribution in [1.29, 1.82) is 0 Å². The van der Waals surface area contributed by atoms with Crippen LogP contribution in [0, 0.1) is 0 Å². The summed E-state index contributed by atoms with van der Waals surface area (Å²) < 4.78 is 16.8. The van der Waals surface area contributed by atoms with Gasteiger partial charge in [-0.3, -0.25) is 14.4 Å². The number of allylic oxidation sites excluding steroid dienone is 34. The summed E-state index contributed by atoms with van der Waals surface area (Å²) >= 11 is 0. The molecule has 0 amide bonds. The Kier molecular flexibility index (Phi) is 63.5. The predicted octanol–water partition coefficient (Wildman–Crippen LogP) is 22.8. The van der Waals surface area contributed by atoms with Crippen LogP contribution in [-0.2, 0) is 28.6 Å². The Morgan fingerprint density at radius 1 is 0.253 bits per heavy atom. The van der Waals surface area contributed by atoms with E-state index >= 15 is 0 Å². The second kappa shape index (κ2) is 68.5. The first-order valence-corrected chi connectivity index (χ1v) is 32.6. The zero-order valence-electron chi connectivity index (χ0n) is 52.6. The van der Waals surface area contributed by atoms with E-state index in [0.29, 0.717) is 19.3 Å². The van der Waals surface area contributed by atoms with Crippen LogP contribution in [0.5, 0.6) is 0 Å². The van der Waals surface area contributed by atoms with E-state index < -0.39 is 6.10 Å². The normalized spacial score (nSPS) is 13.5. The van der Waals surface area contributed by atoms with Crippen molar-refractivity contribution < 1.29 is 28.6 Å². The van der Waals surface area contributed by atoms with Crippen LogP contribution < -0.4 is 0 Å². The van der Waals surface area contributed by atoms with Crippen LogP contribution in [0.2, 0.25) is 0 Å². The smallest absolute Gasteiger partial charge is 0.306 e. The highest BCUT2D eigenvalue weighted by Crippen LogP contribution is 2.12. The Morgan fingerprint density at radius 2 is 0.470 bits per heavy atom. The number of carbonyl (C=O) groups is 3. The Bertz CT molecular complexity index is 2030. The second-order valence-corrected chi connectivity index (χ2v) is 20.5. The van der Waals surface area contributed by atoms with Crippen LogP contribution in [0.1, 0.15) is 239 Å². The van der Waals surface area contributed by atoms with Crippen molar-refractivity contribution in [2.75, 3.05) is 13.2 Å². The fourth-order valence-electron chi connectivity index (χ4n) is 7.94. The summed E-state index contributed by atoms with van der Waals surface area (Å²) in [5.41, 5.74) is 0. The summed E-state index contributed by atoms with van der Waals surface area (Å²) in [6.45, 7) is 6.25. The van der Waals surface area contributed by atoms with Crippen molar-refractivity contribution in [3.63, 3.8) is 0 Å². The predicted molar refractivity (Wildman–Crippen MR) is 361 cm³/mol. The van der Waals surface area contributed by atoms with Crippen LogP contribution in [0.25, 0.3) is 0 Å². The average Bonchev–Trinajstić information content (AvgIpc) is 3.49. The van der Waals surface area contributed by atoms with E-state index in [0.717, 1.165) is 180 Å². The molecule has 0 aromatic carbocycles. The molecular weight excluding hydrogens is 1020 g/mol. The molecule has 0 saturated heterocycles. The fourth-order valence-corrected chi connectivity index (χ4v) is 7.94. The van der Waals surface area contributed by atoms with Crippen molar-refractivity contribution in [3.05, 3.63) is 207 Å². The summed E-state index contributed by atoms with van der Waals surface area (Å²) in [4.78, 5) is 38.3. The second-order valence-electron chi connectivity index (χ2n) is 20.5. The number of unbranched alkanes of at least 4 members (excludes halogenated alkanes) is 11. The largest absolute Gasteiger partial charge is 0.462 e. The molecule has 0 rings (SSSR count). The van der Waals surface area contributed by atoms with E-state index in [4.69, 9.17) is 14.2 Å². The number of esters is 3. The molecule has 6 heteroatoms. The minimum atomic E-state index is -0.834. The van der Waals surface area contributed by atoms with Gasteiger partial charge in [-0.2, -0.15) is 0 Å². The quantitative estimate of drug-likeness (QED) is 0.0261. The minimum absolute atomic E-state index is 0.124. The zero-order chi connectivity index (χ0) is 59.9. The maximum absolute atomic E-state index is 12.9. The molecule has 83 heavy (non-hydrogen) atoms. The molecule has 460 valence electrons. The Balaban J connectivity index is 4.48. The Morgan fingerprint density at radius 3 is 0.771 bits per heavy atom. The number of hydrogen-bond acceptors (Lipinski definition) is 6. The van der Waals surface area contributed by atoms with E-state index in [-0.39, 0.29) is 44.0 Å². The number of rotatable bonds is 56. The van der Waals surface area contributed by atoms with Gasteiger partial charge in [0.15, 0.2) is 6.10 Å². The first-order valence-electron chi connectivity index (χ1n) is 32.6.